The molecule has 16 heavy (non-hydrogen) atoms. The first-order valence-electron chi connectivity index (χ1n) is 4.33. The molecule has 0 spiro atoms. The van der Waals surface area contributed by atoms with Crippen molar-refractivity contribution < 1.29 is 29.7 Å². The lowest BCUT2D eigenvalue weighted by Gasteiger charge is -2.27. The third-order valence-corrected chi connectivity index (χ3v) is 2.10. The highest BCUT2D eigenvalue weighted by atomic mass is 16.4. The molecular weight excluding hydrogens is 220 g/mol. The number of rotatable bonds is 6. The van der Waals surface area contributed by atoms with Gasteiger partial charge in [0.15, 0.2) is 5.78 Å². The maximum Gasteiger partial charge on any atom is 0.323 e. The van der Waals surface area contributed by atoms with Gasteiger partial charge in [-0.2, -0.15) is 0 Å². The molecule has 0 amide bonds. The predicted molar refractivity (Wildman–Crippen MR) is 51.5 cm³/mol. The Morgan fingerprint density at radius 2 is 1.69 bits per heavy atom. The van der Waals surface area contributed by atoms with E-state index in [-0.39, 0.29) is 0 Å². The Morgan fingerprint density at radius 1 is 1.25 bits per heavy atom. The molecule has 0 unspecified atom stereocenters. The molecule has 0 rings (SSSR count). The molecule has 8 heteroatoms. The van der Waals surface area contributed by atoms with Crippen LogP contribution >= 0.6 is 0 Å². The van der Waals surface area contributed by atoms with Crippen molar-refractivity contribution in [2.75, 3.05) is 0 Å². The summed E-state index contributed by atoms with van der Waals surface area (Å²) in [6.07, 6.45) is -0.707. The zero-order valence-corrected chi connectivity index (χ0v) is 8.58. The van der Waals surface area contributed by atoms with Crippen LogP contribution in [0.15, 0.2) is 0 Å². The van der Waals surface area contributed by atoms with E-state index in [0.717, 1.165) is 6.92 Å². The normalized spacial score (nSPS) is 18.2. The molecule has 0 heterocycles. The fourth-order valence-electron chi connectivity index (χ4n) is 1.05. The molecule has 0 fully saturated rings. The minimum atomic E-state index is -2.40. The van der Waals surface area contributed by atoms with Crippen molar-refractivity contribution in [2.24, 2.45) is 11.5 Å². The summed E-state index contributed by atoms with van der Waals surface area (Å²) in [5.41, 5.74) is 7.89. The molecule has 0 radical (unpaired) electrons. The second-order valence-corrected chi connectivity index (χ2v) is 3.53. The van der Waals surface area contributed by atoms with Gasteiger partial charge in [0.2, 0.25) is 0 Å². The Morgan fingerprint density at radius 3 is 2.00 bits per heavy atom. The molecule has 0 bridgehead atoms. The topological polar surface area (TPSA) is 164 Å². The Labute approximate surface area is 90.8 Å². The molecule has 0 saturated heterocycles. The zero-order chi connectivity index (χ0) is 13.1. The highest BCUT2D eigenvalue weighted by Crippen LogP contribution is 2.13. The number of aliphatic hydroxyl groups is 1. The summed E-state index contributed by atoms with van der Waals surface area (Å²) in [5, 5.41) is 26.5. The van der Waals surface area contributed by atoms with E-state index in [0.29, 0.717) is 0 Å². The lowest BCUT2D eigenvalue weighted by atomic mass is 9.87. The summed E-state index contributed by atoms with van der Waals surface area (Å²) >= 11 is 0. The maximum absolute atomic E-state index is 11.5. The monoisotopic (exact) mass is 234 g/mol. The average Bonchev–Trinajstić information content (AvgIpc) is 2.13. The molecule has 0 aliphatic carbocycles. The van der Waals surface area contributed by atoms with Crippen molar-refractivity contribution >= 4 is 17.7 Å². The van der Waals surface area contributed by atoms with Crippen LogP contribution in [0, 0.1) is 0 Å². The third kappa shape index (κ3) is 3.26. The smallest absolute Gasteiger partial charge is 0.323 e. The summed E-state index contributed by atoms with van der Waals surface area (Å²) in [6, 6.07) is -3.36. The summed E-state index contributed by atoms with van der Waals surface area (Å²) < 4.78 is 0. The predicted octanol–water partition coefficient (Wildman–Crippen LogP) is -2.48. The van der Waals surface area contributed by atoms with E-state index < -0.39 is 41.8 Å². The van der Waals surface area contributed by atoms with E-state index in [9.17, 15) is 19.5 Å². The number of carbonyl (C=O) groups is 3. The van der Waals surface area contributed by atoms with Crippen LogP contribution < -0.4 is 11.5 Å². The molecule has 0 saturated carbocycles. The van der Waals surface area contributed by atoms with Gasteiger partial charge in [-0.3, -0.25) is 14.4 Å². The number of hydrogen-bond acceptors (Lipinski definition) is 6. The molecule has 0 aliphatic rings. The van der Waals surface area contributed by atoms with Crippen molar-refractivity contribution in [2.45, 2.75) is 31.0 Å². The Bertz CT molecular complexity index is 314. The quantitative estimate of drug-likeness (QED) is 0.337. The fraction of sp³-hybridized carbons (Fsp3) is 0.625. The van der Waals surface area contributed by atoms with Crippen molar-refractivity contribution in [1.82, 2.24) is 0 Å². The number of carboxylic acid groups (broad SMARTS) is 2. The van der Waals surface area contributed by atoms with Gasteiger partial charge in [-0.05, 0) is 6.92 Å². The van der Waals surface area contributed by atoms with Crippen molar-refractivity contribution in [3.63, 3.8) is 0 Å². The van der Waals surface area contributed by atoms with E-state index in [4.69, 9.17) is 21.7 Å². The van der Waals surface area contributed by atoms with Crippen LogP contribution in [0.4, 0.5) is 0 Å². The Kier molecular flexibility index (Phi) is 4.54. The molecular formula is C8H14N2O6. The molecule has 0 aromatic heterocycles. The van der Waals surface area contributed by atoms with Gasteiger partial charge in [0.05, 0.1) is 12.5 Å². The van der Waals surface area contributed by atoms with Gasteiger partial charge in [0.25, 0.3) is 0 Å². The fourth-order valence-corrected chi connectivity index (χ4v) is 1.05. The molecule has 7 N–H and O–H groups in total. The second-order valence-electron chi connectivity index (χ2n) is 3.53. The van der Waals surface area contributed by atoms with Crippen LogP contribution in [0.25, 0.3) is 0 Å². The summed E-state index contributed by atoms with van der Waals surface area (Å²) in [7, 11) is 0. The highest BCUT2D eigenvalue weighted by Gasteiger charge is 2.43. The minimum absolute atomic E-state index is 0.707. The Hall–Kier alpha value is -1.51. The van der Waals surface area contributed by atoms with Gasteiger partial charge in [-0.15, -0.1) is 0 Å². The van der Waals surface area contributed by atoms with Gasteiger partial charge >= 0.3 is 11.9 Å². The molecule has 8 nitrogen and oxygen atoms in total. The van der Waals surface area contributed by atoms with E-state index in [2.05, 4.69) is 0 Å². The van der Waals surface area contributed by atoms with E-state index in [1.54, 1.807) is 0 Å². The van der Waals surface area contributed by atoms with E-state index in [1.165, 1.54) is 0 Å². The standard InChI is InChI=1S/C8H14N2O6/c1-8(16,5(10)7(14)15)6(13)3(9)2-4(11)12/h3,5,16H,2,9-10H2,1H3,(H,11,12)(H,14,15)/t3-,5+,8+/m0/s1. The zero-order valence-electron chi connectivity index (χ0n) is 8.58. The molecule has 0 aromatic carbocycles. The second kappa shape index (κ2) is 5.01. The summed E-state index contributed by atoms with van der Waals surface area (Å²) in [6.45, 7) is 0.885. The number of aliphatic carboxylic acids is 2. The minimum Gasteiger partial charge on any atom is -0.481 e. The van der Waals surface area contributed by atoms with Crippen molar-refractivity contribution in [3.05, 3.63) is 0 Å². The van der Waals surface area contributed by atoms with Gasteiger partial charge in [-0.1, -0.05) is 0 Å². The number of Topliss-reactive ketones (excluding diaryl/α,β-unsaturated/α-hetero) is 1. The maximum atomic E-state index is 11.5. The highest BCUT2D eigenvalue weighted by molar-refractivity contribution is 5.98. The first-order chi connectivity index (χ1) is 7.10. The lowest BCUT2D eigenvalue weighted by molar-refractivity contribution is -0.154. The number of hydrogen-bond donors (Lipinski definition) is 5. The summed E-state index contributed by atoms with van der Waals surface area (Å²) in [5.74, 6) is -4.04. The van der Waals surface area contributed by atoms with Gasteiger partial charge < -0.3 is 26.8 Å². The van der Waals surface area contributed by atoms with Gasteiger partial charge in [-0.25, -0.2) is 0 Å². The van der Waals surface area contributed by atoms with Crippen LogP contribution in [-0.2, 0) is 14.4 Å². The van der Waals surface area contributed by atoms with Crippen LogP contribution in [0.1, 0.15) is 13.3 Å². The SMILES string of the molecule is C[C@](O)(C(=O)[C@@H](N)CC(=O)O)[C@H](N)C(=O)O. The number of carbonyl (C=O) groups excluding carboxylic acids is 1. The summed E-state index contributed by atoms with van der Waals surface area (Å²) in [4.78, 5) is 32.2. The molecule has 0 aromatic rings. The number of nitrogens with two attached hydrogens (primary N) is 2. The van der Waals surface area contributed by atoms with Crippen molar-refractivity contribution in [1.29, 1.82) is 0 Å². The number of carboxylic acids is 2. The lowest BCUT2D eigenvalue weighted by Crippen LogP contribution is -2.60. The third-order valence-electron chi connectivity index (χ3n) is 2.10. The molecule has 3 atom stereocenters. The van der Waals surface area contributed by atoms with Gasteiger partial charge in [0, 0.05) is 0 Å². The average molecular weight is 234 g/mol. The van der Waals surface area contributed by atoms with Crippen LogP contribution in [-0.4, -0.2) is 50.7 Å². The largest absolute Gasteiger partial charge is 0.481 e. The van der Waals surface area contributed by atoms with Crippen molar-refractivity contribution in [3.8, 4) is 0 Å². The first kappa shape index (κ1) is 14.5. The van der Waals surface area contributed by atoms with E-state index >= 15 is 0 Å². The Balaban J connectivity index is 4.82. The van der Waals surface area contributed by atoms with E-state index in [1.807, 2.05) is 0 Å². The van der Waals surface area contributed by atoms with Crippen LogP contribution in [0.2, 0.25) is 0 Å². The van der Waals surface area contributed by atoms with Crippen LogP contribution in [0.5, 0.6) is 0 Å². The molecule has 0 aliphatic heterocycles. The first-order valence-corrected chi connectivity index (χ1v) is 4.33. The van der Waals surface area contributed by atoms with Crippen LogP contribution in [0.3, 0.4) is 0 Å². The number of ketones is 1. The molecule has 92 valence electrons. The van der Waals surface area contributed by atoms with Gasteiger partial charge in [0.1, 0.15) is 11.6 Å².